The molecular formula is C30H29NO2. The third-order valence-corrected chi connectivity index (χ3v) is 6.63. The van der Waals surface area contributed by atoms with Gasteiger partial charge >= 0.3 is 0 Å². The lowest BCUT2D eigenvalue weighted by molar-refractivity contribution is 0.162. The van der Waals surface area contributed by atoms with Crippen molar-refractivity contribution < 1.29 is 9.84 Å². The number of para-hydroxylation sites is 1. The van der Waals surface area contributed by atoms with Crippen molar-refractivity contribution in [2.24, 2.45) is 0 Å². The van der Waals surface area contributed by atoms with Crippen molar-refractivity contribution in [3.63, 3.8) is 0 Å². The summed E-state index contributed by atoms with van der Waals surface area (Å²) in [5.74, 6) is 1.26. The van der Waals surface area contributed by atoms with E-state index in [1.54, 1.807) is 0 Å². The maximum absolute atomic E-state index is 10.0. The van der Waals surface area contributed by atoms with Crippen LogP contribution in [0.1, 0.15) is 40.2 Å². The Morgan fingerprint density at radius 3 is 2.67 bits per heavy atom. The van der Waals surface area contributed by atoms with E-state index in [-0.39, 0.29) is 17.8 Å². The van der Waals surface area contributed by atoms with Gasteiger partial charge < -0.3 is 15.2 Å². The fraction of sp³-hybridized carbons (Fsp3) is 0.200. The number of ether oxygens (including phenoxy) is 1. The molecule has 0 amide bonds. The van der Waals surface area contributed by atoms with Crippen molar-refractivity contribution in [3.8, 4) is 5.75 Å². The molecule has 0 spiro atoms. The van der Waals surface area contributed by atoms with Crippen LogP contribution in [0.3, 0.4) is 0 Å². The highest BCUT2D eigenvalue weighted by Crippen LogP contribution is 2.41. The SMILES string of the molecule is C=C(O)c1cc(C2CC(CNCc3cccc4ccccc34)Oc3ccccc32)ccc1C. The minimum atomic E-state index is 0.0574. The number of hydrogen-bond acceptors (Lipinski definition) is 3. The Bertz CT molecular complexity index is 1300. The topological polar surface area (TPSA) is 41.5 Å². The molecule has 1 aliphatic heterocycles. The summed E-state index contributed by atoms with van der Waals surface area (Å²) < 4.78 is 6.38. The molecule has 0 saturated heterocycles. The monoisotopic (exact) mass is 435 g/mol. The van der Waals surface area contributed by atoms with Crippen molar-refractivity contribution in [2.45, 2.75) is 31.9 Å². The molecule has 0 aliphatic carbocycles. The first-order valence-electron chi connectivity index (χ1n) is 11.5. The van der Waals surface area contributed by atoms with E-state index in [4.69, 9.17) is 4.74 Å². The number of fused-ring (bicyclic) bond motifs is 2. The molecule has 166 valence electrons. The van der Waals surface area contributed by atoms with Crippen LogP contribution < -0.4 is 10.1 Å². The normalized spacial score (nSPS) is 17.4. The highest BCUT2D eigenvalue weighted by Gasteiger charge is 2.29. The van der Waals surface area contributed by atoms with E-state index in [0.717, 1.165) is 36.4 Å². The maximum Gasteiger partial charge on any atom is 0.123 e. The second-order valence-corrected chi connectivity index (χ2v) is 8.86. The molecule has 2 atom stereocenters. The van der Waals surface area contributed by atoms with Crippen LogP contribution in [0, 0.1) is 6.92 Å². The molecule has 3 nitrogen and oxygen atoms in total. The molecule has 2 N–H and O–H groups in total. The number of aryl methyl sites for hydroxylation is 1. The van der Waals surface area contributed by atoms with Crippen molar-refractivity contribution in [1.29, 1.82) is 0 Å². The third-order valence-electron chi connectivity index (χ3n) is 6.63. The summed E-state index contributed by atoms with van der Waals surface area (Å²) in [5.41, 5.74) is 5.51. The summed E-state index contributed by atoms with van der Waals surface area (Å²) in [6, 6.07) is 29.6. The van der Waals surface area contributed by atoms with Gasteiger partial charge in [-0.2, -0.15) is 0 Å². The van der Waals surface area contributed by atoms with Crippen molar-refractivity contribution in [2.75, 3.05) is 6.54 Å². The molecule has 0 saturated carbocycles. The molecule has 2 unspecified atom stereocenters. The minimum Gasteiger partial charge on any atom is -0.508 e. The second-order valence-electron chi connectivity index (χ2n) is 8.86. The molecule has 0 radical (unpaired) electrons. The summed E-state index contributed by atoms with van der Waals surface area (Å²) in [6.45, 7) is 7.30. The molecule has 0 bridgehead atoms. The van der Waals surface area contributed by atoms with E-state index in [2.05, 4.69) is 90.8 Å². The Morgan fingerprint density at radius 1 is 1.00 bits per heavy atom. The number of hydrogen-bond donors (Lipinski definition) is 2. The Morgan fingerprint density at radius 2 is 1.79 bits per heavy atom. The van der Waals surface area contributed by atoms with Crippen molar-refractivity contribution >= 4 is 16.5 Å². The highest BCUT2D eigenvalue weighted by atomic mass is 16.5. The van der Waals surface area contributed by atoms with Gasteiger partial charge in [-0.15, -0.1) is 0 Å². The Hall–Kier alpha value is -3.56. The van der Waals surface area contributed by atoms with Crippen LogP contribution in [-0.4, -0.2) is 17.8 Å². The predicted octanol–water partition coefficient (Wildman–Crippen LogP) is 6.75. The van der Waals surface area contributed by atoms with Crippen molar-refractivity contribution in [3.05, 3.63) is 119 Å². The number of aliphatic hydroxyl groups is 1. The summed E-state index contributed by atoms with van der Waals surface area (Å²) in [7, 11) is 0. The lowest BCUT2D eigenvalue weighted by Gasteiger charge is -2.33. The average molecular weight is 436 g/mol. The molecule has 33 heavy (non-hydrogen) atoms. The highest BCUT2D eigenvalue weighted by molar-refractivity contribution is 5.85. The fourth-order valence-corrected chi connectivity index (χ4v) is 4.92. The quantitative estimate of drug-likeness (QED) is 0.329. The summed E-state index contributed by atoms with van der Waals surface area (Å²) in [5, 5.41) is 16.2. The van der Waals surface area contributed by atoms with Crippen LogP contribution in [0.2, 0.25) is 0 Å². The van der Waals surface area contributed by atoms with Gasteiger partial charge in [0.2, 0.25) is 0 Å². The summed E-state index contributed by atoms with van der Waals surface area (Å²) in [4.78, 5) is 0. The predicted molar refractivity (Wildman–Crippen MR) is 136 cm³/mol. The first-order chi connectivity index (χ1) is 16.1. The fourth-order valence-electron chi connectivity index (χ4n) is 4.92. The third kappa shape index (κ3) is 4.37. The zero-order chi connectivity index (χ0) is 22.8. The van der Waals surface area contributed by atoms with Gasteiger partial charge in [-0.3, -0.25) is 0 Å². The molecule has 5 rings (SSSR count). The van der Waals surface area contributed by atoms with Crippen LogP contribution in [0.25, 0.3) is 16.5 Å². The van der Waals surface area contributed by atoms with Gasteiger partial charge in [0.05, 0.1) is 0 Å². The van der Waals surface area contributed by atoms with Gasteiger partial charge in [0, 0.05) is 30.1 Å². The second kappa shape index (κ2) is 9.13. The van der Waals surface area contributed by atoms with Gasteiger partial charge in [0.15, 0.2) is 0 Å². The molecule has 1 heterocycles. The van der Waals surface area contributed by atoms with Crippen molar-refractivity contribution in [1.82, 2.24) is 5.32 Å². The molecular weight excluding hydrogens is 406 g/mol. The zero-order valence-corrected chi connectivity index (χ0v) is 18.9. The number of rotatable bonds is 6. The van der Waals surface area contributed by atoms with Gasteiger partial charge in [-0.25, -0.2) is 0 Å². The molecule has 0 aromatic heterocycles. The first kappa shape index (κ1) is 21.3. The van der Waals surface area contributed by atoms with Crippen LogP contribution in [-0.2, 0) is 6.54 Å². The molecule has 4 aromatic rings. The number of benzene rings is 4. The van der Waals surface area contributed by atoms with E-state index in [1.807, 2.05) is 13.0 Å². The maximum atomic E-state index is 10.0. The Labute approximate surface area is 195 Å². The Kier molecular flexibility index (Phi) is 5.89. The molecule has 4 aromatic carbocycles. The van der Waals surface area contributed by atoms with Crippen LogP contribution in [0.15, 0.2) is 91.5 Å². The molecule has 1 aliphatic rings. The van der Waals surface area contributed by atoms with Crippen LogP contribution >= 0.6 is 0 Å². The molecule has 0 fully saturated rings. The van der Waals surface area contributed by atoms with Crippen LogP contribution in [0.4, 0.5) is 0 Å². The van der Waals surface area contributed by atoms with Gasteiger partial charge in [0.1, 0.15) is 17.6 Å². The Balaban J connectivity index is 1.36. The minimum absolute atomic E-state index is 0.0574. The van der Waals surface area contributed by atoms with E-state index >= 15 is 0 Å². The van der Waals surface area contributed by atoms with E-state index in [1.165, 1.54) is 27.5 Å². The van der Waals surface area contributed by atoms with E-state index < -0.39 is 0 Å². The number of nitrogens with one attached hydrogen (secondary N) is 1. The van der Waals surface area contributed by atoms with Gasteiger partial charge in [0.25, 0.3) is 0 Å². The van der Waals surface area contributed by atoms with Gasteiger partial charge in [-0.1, -0.05) is 79.4 Å². The van der Waals surface area contributed by atoms with Crippen LogP contribution in [0.5, 0.6) is 5.75 Å². The average Bonchev–Trinajstić information content (AvgIpc) is 2.84. The number of aliphatic hydroxyl groups excluding tert-OH is 1. The summed E-state index contributed by atoms with van der Waals surface area (Å²) >= 11 is 0. The standard InChI is InChI=1S/C30H29NO2/c1-20-14-15-23(16-28(20)21(2)32)29-17-25(33-30-13-6-5-12-27(29)30)19-31-18-24-10-7-9-22-8-3-4-11-26(22)24/h3-16,25,29,31-32H,2,17-19H2,1H3. The lowest BCUT2D eigenvalue weighted by atomic mass is 9.83. The lowest BCUT2D eigenvalue weighted by Crippen LogP contribution is -2.35. The smallest absolute Gasteiger partial charge is 0.123 e. The first-order valence-corrected chi connectivity index (χ1v) is 11.5. The van der Waals surface area contributed by atoms with E-state index in [9.17, 15) is 5.11 Å². The van der Waals surface area contributed by atoms with E-state index in [0.29, 0.717) is 0 Å². The summed E-state index contributed by atoms with van der Waals surface area (Å²) in [6.07, 6.45) is 0.932. The van der Waals surface area contributed by atoms with Gasteiger partial charge in [-0.05, 0) is 52.9 Å². The zero-order valence-electron chi connectivity index (χ0n) is 18.9. The molecule has 3 heteroatoms. The largest absolute Gasteiger partial charge is 0.508 e.